The molecule has 21 heavy (non-hydrogen) atoms. The van der Waals surface area contributed by atoms with E-state index in [2.05, 4.69) is 0 Å². The summed E-state index contributed by atoms with van der Waals surface area (Å²) in [7, 11) is 0. The molecule has 0 saturated carbocycles. The van der Waals surface area contributed by atoms with Crippen molar-refractivity contribution in [3.05, 3.63) is 52.2 Å². The highest BCUT2D eigenvalue weighted by atomic mass is 32.1. The summed E-state index contributed by atoms with van der Waals surface area (Å²) in [6.45, 7) is 2.98. The first kappa shape index (κ1) is 15.1. The van der Waals surface area contributed by atoms with E-state index in [4.69, 9.17) is 14.6 Å². The lowest BCUT2D eigenvalue weighted by Crippen LogP contribution is -1.96. The maximum absolute atomic E-state index is 10.5. The quantitative estimate of drug-likeness (QED) is 0.790. The number of rotatable bonds is 7. The molecule has 2 aromatic rings. The van der Waals surface area contributed by atoms with Gasteiger partial charge in [0.15, 0.2) is 0 Å². The molecule has 1 N–H and O–H groups in total. The molecule has 0 spiro atoms. The molecular formula is C16H16O4S. The largest absolute Gasteiger partial charge is 0.494 e. The van der Waals surface area contributed by atoms with Crippen molar-refractivity contribution in [3.63, 3.8) is 0 Å². The van der Waals surface area contributed by atoms with Crippen molar-refractivity contribution in [1.82, 2.24) is 0 Å². The lowest BCUT2D eigenvalue weighted by atomic mass is 10.2. The van der Waals surface area contributed by atoms with E-state index in [0.717, 1.165) is 28.0 Å². The average Bonchev–Trinajstić information content (AvgIpc) is 2.92. The lowest BCUT2D eigenvalue weighted by molar-refractivity contribution is -0.131. The van der Waals surface area contributed by atoms with Crippen LogP contribution in [0, 0.1) is 0 Å². The minimum absolute atomic E-state index is 0.408. The van der Waals surface area contributed by atoms with Crippen LogP contribution >= 0.6 is 11.3 Å². The van der Waals surface area contributed by atoms with Crippen LogP contribution in [-0.2, 0) is 11.4 Å². The Balaban J connectivity index is 1.97. The smallest absolute Gasteiger partial charge is 0.328 e. The molecule has 0 amide bonds. The van der Waals surface area contributed by atoms with Gasteiger partial charge in [-0.3, -0.25) is 0 Å². The Labute approximate surface area is 127 Å². The van der Waals surface area contributed by atoms with Crippen molar-refractivity contribution in [2.75, 3.05) is 6.61 Å². The van der Waals surface area contributed by atoms with E-state index in [-0.39, 0.29) is 0 Å². The van der Waals surface area contributed by atoms with Crippen molar-refractivity contribution < 1.29 is 19.4 Å². The van der Waals surface area contributed by atoms with E-state index in [9.17, 15) is 4.79 Å². The number of ether oxygens (including phenoxy) is 2. The molecule has 0 fully saturated rings. The van der Waals surface area contributed by atoms with E-state index in [0.29, 0.717) is 13.2 Å². The number of carboxylic acid groups (broad SMARTS) is 1. The molecule has 1 aromatic carbocycles. The third-order valence-electron chi connectivity index (χ3n) is 2.69. The van der Waals surface area contributed by atoms with E-state index in [1.807, 2.05) is 42.6 Å². The third kappa shape index (κ3) is 4.65. The minimum atomic E-state index is -0.959. The molecule has 0 saturated heterocycles. The second kappa shape index (κ2) is 7.50. The number of hydrogen-bond acceptors (Lipinski definition) is 4. The Bertz CT molecular complexity index is 613. The van der Waals surface area contributed by atoms with Crippen molar-refractivity contribution >= 4 is 23.4 Å². The zero-order valence-electron chi connectivity index (χ0n) is 11.6. The second-order valence-electron chi connectivity index (χ2n) is 4.16. The summed E-state index contributed by atoms with van der Waals surface area (Å²) in [4.78, 5) is 11.5. The molecule has 0 aliphatic rings. The first-order valence-electron chi connectivity index (χ1n) is 6.52. The Morgan fingerprint density at radius 2 is 1.86 bits per heavy atom. The molecule has 0 bridgehead atoms. The Hall–Kier alpha value is -2.27. The van der Waals surface area contributed by atoms with Gasteiger partial charge in [-0.25, -0.2) is 4.79 Å². The van der Waals surface area contributed by atoms with E-state index in [1.54, 1.807) is 6.08 Å². The van der Waals surface area contributed by atoms with Crippen LogP contribution in [0.15, 0.2) is 41.8 Å². The summed E-state index contributed by atoms with van der Waals surface area (Å²) < 4.78 is 11.1. The zero-order valence-corrected chi connectivity index (χ0v) is 12.4. The van der Waals surface area contributed by atoms with Crippen molar-refractivity contribution in [1.29, 1.82) is 0 Å². The summed E-state index contributed by atoms with van der Waals surface area (Å²) in [6, 6.07) is 9.30. The van der Waals surface area contributed by atoms with Crippen LogP contribution in [-0.4, -0.2) is 17.7 Å². The maximum Gasteiger partial charge on any atom is 0.328 e. The van der Waals surface area contributed by atoms with Gasteiger partial charge in [0, 0.05) is 11.0 Å². The second-order valence-corrected chi connectivity index (χ2v) is 5.16. The number of aliphatic carboxylic acids is 1. The van der Waals surface area contributed by atoms with Crippen LogP contribution in [0.1, 0.15) is 17.4 Å². The first-order chi connectivity index (χ1) is 10.2. The highest BCUT2D eigenvalue weighted by Crippen LogP contribution is 2.22. The number of carbonyl (C=O) groups is 1. The normalized spacial score (nSPS) is 10.7. The minimum Gasteiger partial charge on any atom is -0.494 e. The van der Waals surface area contributed by atoms with Crippen LogP contribution in [0.4, 0.5) is 0 Å². The molecule has 0 aliphatic heterocycles. The summed E-state index contributed by atoms with van der Waals surface area (Å²) in [5.41, 5.74) is 0.869. The van der Waals surface area contributed by atoms with Gasteiger partial charge in [-0.15, -0.1) is 11.3 Å². The van der Waals surface area contributed by atoms with Gasteiger partial charge in [0.25, 0.3) is 0 Å². The van der Waals surface area contributed by atoms with Gasteiger partial charge in [-0.05, 0) is 54.3 Å². The van der Waals surface area contributed by atoms with Gasteiger partial charge in [0.2, 0.25) is 0 Å². The predicted molar refractivity (Wildman–Crippen MR) is 82.9 cm³/mol. The van der Waals surface area contributed by atoms with Gasteiger partial charge < -0.3 is 14.6 Å². The monoisotopic (exact) mass is 304 g/mol. The number of thiophene rings is 1. The van der Waals surface area contributed by atoms with Crippen LogP contribution in [0.25, 0.3) is 6.08 Å². The fourth-order valence-corrected chi connectivity index (χ4v) is 2.50. The molecule has 2 rings (SSSR count). The van der Waals surface area contributed by atoms with E-state index < -0.39 is 5.97 Å². The highest BCUT2D eigenvalue weighted by molar-refractivity contribution is 7.10. The van der Waals surface area contributed by atoms with Crippen LogP contribution in [0.2, 0.25) is 0 Å². The predicted octanol–water partition coefficient (Wildman–Crippen LogP) is 3.82. The van der Waals surface area contributed by atoms with E-state index >= 15 is 0 Å². The van der Waals surface area contributed by atoms with Crippen LogP contribution < -0.4 is 9.47 Å². The molecule has 4 nitrogen and oxygen atoms in total. The number of carboxylic acids is 1. The van der Waals surface area contributed by atoms with Crippen molar-refractivity contribution in [3.8, 4) is 11.5 Å². The van der Waals surface area contributed by atoms with Gasteiger partial charge in [-0.2, -0.15) is 0 Å². The molecular weight excluding hydrogens is 288 g/mol. The van der Waals surface area contributed by atoms with Crippen LogP contribution in [0.5, 0.6) is 11.5 Å². The maximum atomic E-state index is 10.5. The SMILES string of the molecule is CCOc1ccc(OCc2sccc2C=CC(=O)O)cc1. The Kier molecular flexibility index (Phi) is 5.40. The fourth-order valence-electron chi connectivity index (χ4n) is 1.73. The molecule has 1 aromatic heterocycles. The first-order valence-corrected chi connectivity index (χ1v) is 7.40. The number of hydrogen-bond donors (Lipinski definition) is 1. The summed E-state index contributed by atoms with van der Waals surface area (Å²) in [5, 5.41) is 10.6. The van der Waals surface area contributed by atoms with E-state index in [1.165, 1.54) is 11.3 Å². The van der Waals surface area contributed by atoms with Gasteiger partial charge in [-0.1, -0.05) is 0 Å². The Morgan fingerprint density at radius 3 is 2.48 bits per heavy atom. The summed E-state index contributed by atoms with van der Waals surface area (Å²) in [5.74, 6) is 0.602. The fraction of sp³-hybridized carbons (Fsp3) is 0.188. The Morgan fingerprint density at radius 1 is 1.19 bits per heavy atom. The third-order valence-corrected chi connectivity index (χ3v) is 3.60. The van der Waals surface area contributed by atoms with Gasteiger partial charge >= 0.3 is 5.97 Å². The molecule has 5 heteroatoms. The number of benzene rings is 1. The van der Waals surface area contributed by atoms with Crippen LogP contribution in [0.3, 0.4) is 0 Å². The summed E-state index contributed by atoms with van der Waals surface area (Å²) >= 11 is 1.54. The zero-order chi connectivity index (χ0) is 15.1. The topological polar surface area (TPSA) is 55.8 Å². The van der Waals surface area contributed by atoms with Gasteiger partial charge in [0.1, 0.15) is 18.1 Å². The standard InChI is InChI=1S/C16H16O4S/c1-2-19-13-4-6-14(7-5-13)20-11-15-12(9-10-21-15)3-8-16(17)18/h3-10H,2,11H2,1H3,(H,17,18). The molecule has 110 valence electrons. The highest BCUT2D eigenvalue weighted by Gasteiger charge is 2.04. The van der Waals surface area contributed by atoms with Gasteiger partial charge in [0.05, 0.1) is 6.61 Å². The van der Waals surface area contributed by atoms with Crippen molar-refractivity contribution in [2.45, 2.75) is 13.5 Å². The molecule has 0 radical (unpaired) electrons. The molecule has 0 atom stereocenters. The lowest BCUT2D eigenvalue weighted by Gasteiger charge is -2.07. The average molecular weight is 304 g/mol. The molecule has 1 heterocycles. The molecule has 0 unspecified atom stereocenters. The molecule has 0 aliphatic carbocycles. The van der Waals surface area contributed by atoms with Crippen molar-refractivity contribution in [2.24, 2.45) is 0 Å². The summed E-state index contributed by atoms with van der Waals surface area (Å²) in [6.07, 6.45) is 2.71.